The van der Waals surface area contributed by atoms with Gasteiger partial charge in [0.1, 0.15) is 11.3 Å². The van der Waals surface area contributed by atoms with Crippen molar-refractivity contribution in [3.05, 3.63) is 47.9 Å². The summed E-state index contributed by atoms with van der Waals surface area (Å²) in [7, 11) is 0. The Kier molecular flexibility index (Phi) is 5.22. The lowest BCUT2D eigenvalue weighted by Gasteiger charge is -2.14. The largest absolute Gasteiger partial charge is 0.467 e. The van der Waals surface area contributed by atoms with Gasteiger partial charge in [-0.05, 0) is 43.2 Å². The molecule has 0 saturated carbocycles. The van der Waals surface area contributed by atoms with Crippen molar-refractivity contribution in [3.63, 3.8) is 0 Å². The molecule has 2 N–H and O–H groups in total. The Bertz CT molecular complexity index is 959. The van der Waals surface area contributed by atoms with E-state index in [2.05, 4.69) is 20.9 Å². The highest BCUT2D eigenvalue weighted by atomic mass is 16.3. The predicted octanol–water partition coefficient (Wildman–Crippen LogP) is 1.76. The summed E-state index contributed by atoms with van der Waals surface area (Å²) in [6.07, 6.45) is 3.69. The fourth-order valence-electron chi connectivity index (χ4n) is 3.29. The van der Waals surface area contributed by atoms with Gasteiger partial charge in [0.05, 0.1) is 24.9 Å². The molecule has 0 atom stereocenters. The fourth-order valence-corrected chi connectivity index (χ4v) is 3.29. The Hall–Kier alpha value is -3.36. The minimum atomic E-state index is -0.278. The van der Waals surface area contributed by atoms with Crippen LogP contribution < -0.4 is 10.6 Å². The first-order valence-corrected chi connectivity index (χ1v) is 9.37. The summed E-state index contributed by atoms with van der Waals surface area (Å²) in [5.74, 6) is 0.737. The van der Waals surface area contributed by atoms with Gasteiger partial charge in [-0.2, -0.15) is 0 Å². The van der Waals surface area contributed by atoms with Gasteiger partial charge in [-0.3, -0.25) is 4.79 Å². The van der Waals surface area contributed by atoms with Gasteiger partial charge >= 0.3 is 6.03 Å². The van der Waals surface area contributed by atoms with Gasteiger partial charge < -0.3 is 20.0 Å². The second-order valence-corrected chi connectivity index (χ2v) is 6.70. The standard InChI is InChI=1S/C19H22N6O3/c26-18(24-8-1-2-9-24)14-5-6-17-16(12-14)22-23-25(17)10-7-20-19(27)21-13-15-4-3-11-28-15/h3-6,11-12H,1-2,7-10,13H2,(H2,20,21,27). The van der Waals surface area contributed by atoms with Gasteiger partial charge in [-0.15, -0.1) is 5.10 Å². The lowest BCUT2D eigenvalue weighted by Crippen LogP contribution is -2.36. The topological polar surface area (TPSA) is 105 Å². The maximum Gasteiger partial charge on any atom is 0.315 e. The molecular formula is C19H22N6O3. The molecule has 1 aliphatic heterocycles. The smallest absolute Gasteiger partial charge is 0.315 e. The number of urea groups is 1. The molecule has 1 saturated heterocycles. The van der Waals surface area contributed by atoms with E-state index in [1.54, 1.807) is 29.1 Å². The number of nitrogens with zero attached hydrogens (tertiary/aromatic N) is 4. The summed E-state index contributed by atoms with van der Waals surface area (Å²) in [6, 6.07) is 8.74. The molecule has 0 unspecified atom stereocenters. The van der Waals surface area contributed by atoms with Gasteiger partial charge in [0, 0.05) is 25.2 Å². The minimum Gasteiger partial charge on any atom is -0.467 e. The highest BCUT2D eigenvalue weighted by Gasteiger charge is 2.20. The maximum atomic E-state index is 12.5. The second kappa shape index (κ2) is 8.12. The molecule has 1 aliphatic rings. The van der Waals surface area contributed by atoms with E-state index in [1.807, 2.05) is 17.0 Å². The van der Waals surface area contributed by atoms with Gasteiger partial charge in [0.15, 0.2) is 0 Å². The molecule has 1 aromatic carbocycles. The number of benzene rings is 1. The Morgan fingerprint density at radius 2 is 2.00 bits per heavy atom. The SMILES string of the molecule is O=C(NCCn1nnc2cc(C(=O)N3CCCC3)ccc21)NCc1ccco1. The van der Waals surface area contributed by atoms with Gasteiger partial charge in [-0.25, -0.2) is 9.48 Å². The number of rotatable bonds is 6. The van der Waals surface area contributed by atoms with Gasteiger partial charge in [0.25, 0.3) is 5.91 Å². The van der Waals surface area contributed by atoms with Crippen molar-refractivity contribution in [1.29, 1.82) is 0 Å². The summed E-state index contributed by atoms with van der Waals surface area (Å²) in [5.41, 5.74) is 2.14. The molecule has 1 fully saturated rings. The monoisotopic (exact) mass is 382 g/mol. The molecular weight excluding hydrogens is 360 g/mol. The van der Waals surface area contributed by atoms with Crippen LogP contribution in [0.1, 0.15) is 29.0 Å². The lowest BCUT2D eigenvalue weighted by atomic mass is 10.1. The van der Waals surface area contributed by atoms with E-state index in [1.165, 1.54) is 0 Å². The van der Waals surface area contributed by atoms with E-state index >= 15 is 0 Å². The van der Waals surface area contributed by atoms with Gasteiger partial charge in [-0.1, -0.05) is 5.21 Å². The van der Waals surface area contributed by atoms with Crippen LogP contribution in [-0.4, -0.2) is 51.5 Å². The quantitative estimate of drug-likeness (QED) is 0.676. The highest BCUT2D eigenvalue weighted by Crippen LogP contribution is 2.17. The molecule has 0 radical (unpaired) electrons. The average molecular weight is 382 g/mol. The van der Waals surface area contributed by atoms with Crippen LogP contribution in [0.4, 0.5) is 4.79 Å². The number of aromatic nitrogens is 3. The normalized spacial score (nSPS) is 13.8. The van der Waals surface area contributed by atoms with Crippen LogP contribution in [-0.2, 0) is 13.1 Å². The Morgan fingerprint density at radius 1 is 1.14 bits per heavy atom. The number of amides is 3. The second-order valence-electron chi connectivity index (χ2n) is 6.70. The van der Waals surface area contributed by atoms with E-state index in [9.17, 15) is 9.59 Å². The average Bonchev–Trinajstić information content (AvgIpc) is 3.47. The van der Waals surface area contributed by atoms with Crippen LogP contribution in [0, 0.1) is 0 Å². The number of fused-ring (bicyclic) bond motifs is 1. The third-order valence-electron chi connectivity index (χ3n) is 4.77. The molecule has 3 amide bonds. The third kappa shape index (κ3) is 3.98. The highest BCUT2D eigenvalue weighted by molar-refractivity contribution is 5.97. The maximum absolute atomic E-state index is 12.5. The number of carbonyl (C=O) groups excluding carboxylic acids is 2. The Labute approximate surface area is 161 Å². The van der Waals surface area contributed by atoms with Crippen LogP contribution in [0.25, 0.3) is 11.0 Å². The zero-order chi connectivity index (χ0) is 19.3. The van der Waals surface area contributed by atoms with Crippen LogP contribution in [0.5, 0.6) is 0 Å². The Balaban J connectivity index is 1.31. The van der Waals surface area contributed by atoms with Crippen molar-refractivity contribution in [1.82, 2.24) is 30.5 Å². The first-order chi connectivity index (χ1) is 13.7. The summed E-state index contributed by atoms with van der Waals surface area (Å²) in [5, 5.41) is 13.8. The number of likely N-dealkylation sites (tertiary alicyclic amines) is 1. The molecule has 3 aromatic rings. The van der Waals surface area contributed by atoms with E-state index in [4.69, 9.17) is 4.42 Å². The van der Waals surface area contributed by atoms with Crippen LogP contribution in [0.3, 0.4) is 0 Å². The minimum absolute atomic E-state index is 0.0452. The van der Waals surface area contributed by atoms with Crippen molar-refractivity contribution >= 4 is 23.0 Å². The number of nitrogens with one attached hydrogen (secondary N) is 2. The number of hydrogen-bond acceptors (Lipinski definition) is 5. The van der Waals surface area contributed by atoms with E-state index in [0.717, 1.165) is 31.4 Å². The van der Waals surface area contributed by atoms with Crippen LogP contribution >= 0.6 is 0 Å². The number of furan rings is 1. The van der Waals surface area contributed by atoms with Crippen molar-refractivity contribution in [3.8, 4) is 0 Å². The molecule has 2 aromatic heterocycles. The lowest BCUT2D eigenvalue weighted by molar-refractivity contribution is 0.0793. The molecule has 9 nitrogen and oxygen atoms in total. The fraction of sp³-hybridized carbons (Fsp3) is 0.368. The summed E-state index contributed by atoms with van der Waals surface area (Å²) in [6.45, 7) is 2.84. The third-order valence-corrected chi connectivity index (χ3v) is 4.77. The molecule has 28 heavy (non-hydrogen) atoms. The Morgan fingerprint density at radius 3 is 2.79 bits per heavy atom. The molecule has 0 aliphatic carbocycles. The van der Waals surface area contributed by atoms with Crippen molar-refractivity contribution in [2.45, 2.75) is 25.9 Å². The van der Waals surface area contributed by atoms with Crippen LogP contribution in [0.2, 0.25) is 0 Å². The van der Waals surface area contributed by atoms with Crippen molar-refractivity contribution in [2.24, 2.45) is 0 Å². The van der Waals surface area contributed by atoms with E-state index in [-0.39, 0.29) is 11.9 Å². The first kappa shape index (κ1) is 18.0. The van der Waals surface area contributed by atoms with Crippen molar-refractivity contribution in [2.75, 3.05) is 19.6 Å². The van der Waals surface area contributed by atoms with E-state index in [0.29, 0.717) is 36.5 Å². The summed E-state index contributed by atoms with van der Waals surface area (Å²) >= 11 is 0. The zero-order valence-electron chi connectivity index (χ0n) is 15.4. The molecule has 4 rings (SSSR count). The zero-order valence-corrected chi connectivity index (χ0v) is 15.4. The summed E-state index contributed by atoms with van der Waals surface area (Å²) in [4.78, 5) is 26.2. The molecule has 3 heterocycles. The predicted molar refractivity (Wildman–Crippen MR) is 102 cm³/mol. The molecule has 146 valence electrons. The summed E-state index contributed by atoms with van der Waals surface area (Å²) < 4.78 is 6.88. The number of hydrogen-bond donors (Lipinski definition) is 2. The molecule has 0 spiro atoms. The van der Waals surface area contributed by atoms with Crippen molar-refractivity contribution < 1.29 is 14.0 Å². The van der Waals surface area contributed by atoms with Crippen LogP contribution in [0.15, 0.2) is 41.0 Å². The van der Waals surface area contributed by atoms with E-state index < -0.39 is 0 Å². The number of carbonyl (C=O) groups is 2. The van der Waals surface area contributed by atoms with Gasteiger partial charge in [0.2, 0.25) is 0 Å². The molecule has 0 bridgehead atoms. The first-order valence-electron chi connectivity index (χ1n) is 9.37. The molecule has 9 heteroatoms.